The van der Waals surface area contributed by atoms with E-state index >= 15 is 0 Å². The second-order valence-corrected chi connectivity index (χ2v) is 4.76. The zero-order valence-electron chi connectivity index (χ0n) is 14.5. The van der Waals surface area contributed by atoms with Gasteiger partial charge in [-0.15, -0.1) is 0 Å². The first-order valence-corrected chi connectivity index (χ1v) is 7.73. The van der Waals surface area contributed by atoms with E-state index in [1.807, 2.05) is 13.8 Å². The van der Waals surface area contributed by atoms with Crippen molar-refractivity contribution in [3.8, 4) is 11.5 Å². The molecule has 0 radical (unpaired) electrons. The molecule has 0 unspecified atom stereocenters. The van der Waals surface area contributed by atoms with Gasteiger partial charge in [0.1, 0.15) is 18.1 Å². The quantitative estimate of drug-likeness (QED) is 0.797. The Hall–Kier alpha value is -1.59. The lowest BCUT2D eigenvalue weighted by molar-refractivity contribution is -0.109. The number of nitrogens with zero attached hydrogens (tertiary/aromatic N) is 2. The van der Waals surface area contributed by atoms with Gasteiger partial charge in [0.15, 0.2) is 6.29 Å². The Bertz CT molecular complexity index is 364. The fourth-order valence-corrected chi connectivity index (χ4v) is 1.71. The topological polar surface area (TPSA) is 42.0 Å². The summed E-state index contributed by atoms with van der Waals surface area (Å²) in [4.78, 5) is 14.7. The minimum atomic E-state index is 0.0896. The molecule has 0 aliphatic carbocycles. The average Bonchev–Trinajstić information content (AvgIpc) is 2.58. The lowest BCUT2D eigenvalue weighted by atomic mass is 10.3. The first-order chi connectivity index (χ1) is 10.7. The molecule has 0 spiro atoms. The molecule has 0 bridgehead atoms. The van der Waals surface area contributed by atoms with Crippen molar-refractivity contribution < 1.29 is 14.3 Å². The summed E-state index contributed by atoms with van der Waals surface area (Å²) < 4.78 is 9.98. The molecule has 5 nitrogen and oxygen atoms in total. The summed E-state index contributed by atoms with van der Waals surface area (Å²) in [5, 5.41) is 0. The number of rotatable bonds is 4. The molecule has 22 heavy (non-hydrogen) atoms. The molecule has 1 fully saturated rings. The molecule has 1 aliphatic rings. The molecule has 0 amide bonds. The smallest absolute Gasteiger partial charge is 0.157 e. The second-order valence-electron chi connectivity index (χ2n) is 4.76. The number of benzene rings is 1. The van der Waals surface area contributed by atoms with E-state index in [2.05, 4.69) is 23.9 Å². The molecule has 5 heteroatoms. The predicted octanol–water partition coefficient (Wildman–Crippen LogP) is 2.16. The average molecular weight is 310 g/mol. The van der Waals surface area contributed by atoms with Crippen LogP contribution in [-0.4, -0.2) is 70.1 Å². The van der Waals surface area contributed by atoms with Crippen molar-refractivity contribution >= 4 is 6.29 Å². The second kappa shape index (κ2) is 13.1. The number of ether oxygens (including phenoxy) is 2. The molecule has 1 aliphatic heterocycles. The highest BCUT2D eigenvalue weighted by atomic mass is 16.5. The SMILES string of the molecule is CC.CN1CCN(C)CC1.COc1ccc(OCC=O)cc1. The first-order valence-electron chi connectivity index (χ1n) is 7.73. The van der Waals surface area contributed by atoms with Gasteiger partial charge < -0.3 is 19.3 Å². The van der Waals surface area contributed by atoms with Crippen LogP contribution in [0.3, 0.4) is 0 Å². The molecule has 0 aromatic heterocycles. The number of hydrogen-bond acceptors (Lipinski definition) is 5. The Morgan fingerprint density at radius 1 is 0.955 bits per heavy atom. The number of aldehydes is 1. The first kappa shape index (κ1) is 20.4. The highest BCUT2D eigenvalue weighted by molar-refractivity contribution is 5.51. The van der Waals surface area contributed by atoms with Gasteiger partial charge in [-0.1, -0.05) is 13.8 Å². The van der Waals surface area contributed by atoms with E-state index in [1.165, 1.54) is 26.2 Å². The van der Waals surface area contributed by atoms with Crippen LogP contribution >= 0.6 is 0 Å². The lowest BCUT2D eigenvalue weighted by Crippen LogP contribution is -2.42. The van der Waals surface area contributed by atoms with E-state index in [-0.39, 0.29) is 6.61 Å². The monoisotopic (exact) mass is 310 g/mol. The Morgan fingerprint density at radius 2 is 1.36 bits per heavy atom. The summed E-state index contributed by atoms with van der Waals surface area (Å²) in [6.45, 7) is 9.02. The number of piperazine rings is 1. The van der Waals surface area contributed by atoms with Gasteiger partial charge in [-0.05, 0) is 38.4 Å². The normalized spacial score (nSPS) is 14.8. The zero-order valence-corrected chi connectivity index (χ0v) is 14.5. The van der Waals surface area contributed by atoms with Crippen LogP contribution in [0.15, 0.2) is 24.3 Å². The maximum absolute atomic E-state index is 9.95. The number of carbonyl (C=O) groups is 1. The van der Waals surface area contributed by atoms with Crippen LogP contribution in [0, 0.1) is 0 Å². The number of carbonyl (C=O) groups excluding carboxylic acids is 1. The van der Waals surface area contributed by atoms with Crippen molar-refractivity contribution in [3.63, 3.8) is 0 Å². The zero-order chi connectivity index (χ0) is 16.8. The van der Waals surface area contributed by atoms with Crippen molar-refractivity contribution in [2.24, 2.45) is 0 Å². The Balaban J connectivity index is 0.000000382. The Labute approximate surface area is 134 Å². The minimum absolute atomic E-state index is 0.0896. The van der Waals surface area contributed by atoms with Crippen LogP contribution < -0.4 is 9.47 Å². The van der Waals surface area contributed by atoms with Gasteiger partial charge in [0.25, 0.3) is 0 Å². The van der Waals surface area contributed by atoms with E-state index in [0.29, 0.717) is 12.0 Å². The number of hydrogen-bond donors (Lipinski definition) is 0. The van der Waals surface area contributed by atoms with E-state index in [0.717, 1.165) is 5.75 Å². The highest BCUT2D eigenvalue weighted by Crippen LogP contribution is 2.16. The van der Waals surface area contributed by atoms with Crippen molar-refractivity contribution in [2.45, 2.75) is 13.8 Å². The highest BCUT2D eigenvalue weighted by Gasteiger charge is 2.07. The molecule has 126 valence electrons. The van der Waals surface area contributed by atoms with Gasteiger partial charge >= 0.3 is 0 Å². The molecule has 0 N–H and O–H groups in total. The molecule has 0 saturated carbocycles. The van der Waals surface area contributed by atoms with Crippen molar-refractivity contribution in [1.29, 1.82) is 0 Å². The molecular weight excluding hydrogens is 280 g/mol. The molecular formula is C17H30N2O3. The van der Waals surface area contributed by atoms with Crippen molar-refractivity contribution in [1.82, 2.24) is 9.80 Å². The maximum atomic E-state index is 9.95. The lowest BCUT2D eigenvalue weighted by Gasteiger charge is -2.28. The Morgan fingerprint density at radius 3 is 1.73 bits per heavy atom. The fourth-order valence-electron chi connectivity index (χ4n) is 1.71. The van der Waals surface area contributed by atoms with Gasteiger partial charge in [-0.3, -0.25) is 4.79 Å². The van der Waals surface area contributed by atoms with E-state index in [9.17, 15) is 4.79 Å². The van der Waals surface area contributed by atoms with Gasteiger partial charge in [0, 0.05) is 26.2 Å². The Kier molecular flexibility index (Phi) is 12.2. The molecule has 1 aromatic rings. The third-order valence-corrected chi connectivity index (χ3v) is 3.10. The summed E-state index contributed by atoms with van der Waals surface area (Å²) in [5.41, 5.74) is 0. The van der Waals surface area contributed by atoms with Gasteiger partial charge in [0.05, 0.1) is 7.11 Å². The summed E-state index contributed by atoms with van der Waals surface area (Å²) in [6.07, 6.45) is 0.713. The summed E-state index contributed by atoms with van der Waals surface area (Å²) in [5.74, 6) is 1.44. The molecule has 1 heterocycles. The summed E-state index contributed by atoms with van der Waals surface area (Å²) in [6, 6.07) is 7.06. The number of likely N-dealkylation sites (N-methyl/N-ethyl adjacent to an activating group) is 2. The van der Waals surface area contributed by atoms with E-state index in [1.54, 1.807) is 31.4 Å². The predicted molar refractivity (Wildman–Crippen MR) is 90.9 cm³/mol. The minimum Gasteiger partial charge on any atom is -0.497 e. The molecule has 2 rings (SSSR count). The molecule has 1 saturated heterocycles. The molecule has 1 aromatic carbocycles. The van der Waals surface area contributed by atoms with Gasteiger partial charge in [-0.25, -0.2) is 0 Å². The van der Waals surface area contributed by atoms with E-state index in [4.69, 9.17) is 9.47 Å². The van der Waals surface area contributed by atoms with Gasteiger partial charge in [0.2, 0.25) is 0 Å². The molecule has 0 atom stereocenters. The van der Waals surface area contributed by atoms with Crippen molar-refractivity contribution in [3.05, 3.63) is 24.3 Å². The summed E-state index contributed by atoms with van der Waals surface area (Å²) >= 11 is 0. The van der Waals surface area contributed by atoms with Crippen LogP contribution in [0.25, 0.3) is 0 Å². The van der Waals surface area contributed by atoms with Crippen molar-refractivity contribution in [2.75, 3.05) is 54.0 Å². The standard InChI is InChI=1S/C9H10O3.C6H14N2.C2H6/c1-11-8-2-4-9(5-3-8)12-7-6-10;1-7-3-5-8(2)6-4-7;1-2/h2-6H,7H2,1H3;3-6H2,1-2H3;1-2H3. The van der Waals surface area contributed by atoms with Crippen LogP contribution in [0.5, 0.6) is 11.5 Å². The fraction of sp³-hybridized carbons (Fsp3) is 0.588. The van der Waals surface area contributed by atoms with Crippen LogP contribution in [-0.2, 0) is 4.79 Å². The number of methoxy groups -OCH3 is 1. The summed E-state index contributed by atoms with van der Waals surface area (Å²) in [7, 11) is 5.95. The van der Waals surface area contributed by atoms with Crippen LogP contribution in [0.1, 0.15) is 13.8 Å². The van der Waals surface area contributed by atoms with Crippen LogP contribution in [0.4, 0.5) is 0 Å². The third kappa shape index (κ3) is 9.37. The largest absolute Gasteiger partial charge is 0.497 e. The van der Waals surface area contributed by atoms with Crippen LogP contribution in [0.2, 0.25) is 0 Å². The maximum Gasteiger partial charge on any atom is 0.157 e. The van der Waals surface area contributed by atoms with E-state index < -0.39 is 0 Å². The van der Waals surface area contributed by atoms with Gasteiger partial charge in [-0.2, -0.15) is 0 Å². The third-order valence-electron chi connectivity index (χ3n) is 3.10.